The van der Waals surface area contributed by atoms with Crippen molar-refractivity contribution in [2.24, 2.45) is 0 Å². The van der Waals surface area contributed by atoms with Gasteiger partial charge in [0, 0.05) is 25.2 Å². The fourth-order valence-corrected chi connectivity index (χ4v) is 2.73. The van der Waals surface area contributed by atoms with Crippen LogP contribution in [0.25, 0.3) is 11.0 Å². The fourth-order valence-electron chi connectivity index (χ4n) is 2.73. The molecule has 1 atom stereocenters. The zero-order valence-electron chi connectivity index (χ0n) is 12.2. The average molecular weight is 275 g/mol. The maximum atomic E-state index is 5.86. The Morgan fingerprint density at radius 2 is 2.30 bits per heavy atom. The molecule has 3 rings (SSSR count). The van der Waals surface area contributed by atoms with Gasteiger partial charge in [-0.3, -0.25) is 0 Å². The van der Waals surface area contributed by atoms with Gasteiger partial charge in [-0.1, -0.05) is 0 Å². The van der Waals surface area contributed by atoms with Crippen molar-refractivity contribution in [3.05, 3.63) is 24.0 Å². The maximum absolute atomic E-state index is 5.86. The number of nitrogens with zero attached hydrogens (tertiary/aromatic N) is 2. The quantitative estimate of drug-likeness (QED) is 0.933. The summed E-state index contributed by atoms with van der Waals surface area (Å²) in [4.78, 5) is 4.78. The molecule has 1 aromatic heterocycles. The minimum absolute atomic E-state index is 0.0181. The third-order valence-corrected chi connectivity index (χ3v) is 3.66. The molecule has 5 heteroatoms. The van der Waals surface area contributed by atoms with Crippen LogP contribution in [0, 0.1) is 0 Å². The summed E-state index contributed by atoms with van der Waals surface area (Å²) in [6, 6.07) is 6.37. The first-order valence-corrected chi connectivity index (χ1v) is 7.09. The van der Waals surface area contributed by atoms with Crippen LogP contribution in [-0.4, -0.2) is 36.4 Å². The third-order valence-electron chi connectivity index (χ3n) is 3.66. The van der Waals surface area contributed by atoms with Crippen molar-refractivity contribution in [2.45, 2.75) is 26.0 Å². The molecule has 0 saturated carbocycles. The molecule has 2 aromatic rings. The Morgan fingerprint density at radius 1 is 1.45 bits per heavy atom. The van der Waals surface area contributed by atoms with Crippen LogP contribution >= 0.6 is 0 Å². The number of aromatic nitrogens is 2. The number of benzene rings is 1. The highest BCUT2D eigenvalue weighted by Gasteiger charge is 2.24. The molecular weight excluding hydrogens is 254 g/mol. The number of ether oxygens (including phenoxy) is 2. The topological polar surface area (TPSA) is 48.3 Å². The van der Waals surface area contributed by atoms with Crippen LogP contribution in [0.15, 0.2) is 18.2 Å². The number of nitrogens with one attached hydrogen (secondary N) is 1. The molecule has 20 heavy (non-hydrogen) atoms. The van der Waals surface area contributed by atoms with Crippen molar-refractivity contribution in [1.82, 2.24) is 14.9 Å². The van der Waals surface area contributed by atoms with Crippen LogP contribution in [0.1, 0.15) is 31.8 Å². The summed E-state index contributed by atoms with van der Waals surface area (Å²) in [6.45, 7) is 6.80. The first-order valence-electron chi connectivity index (χ1n) is 7.09. The lowest BCUT2D eigenvalue weighted by Gasteiger charge is -2.25. The van der Waals surface area contributed by atoms with Gasteiger partial charge >= 0.3 is 0 Å². The number of imidazole rings is 1. The molecule has 1 aliphatic rings. The zero-order chi connectivity index (χ0) is 14.1. The molecule has 0 radical (unpaired) electrons. The minimum Gasteiger partial charge on any atom is -0.497 e. The normalized spacial score (nSPS) is 19.7. The highest BCUT2D eigenvalue weighted by atomic mass is 16.5. The molecule has 1 aromatic carbocycles. The maximum Gasteiger partial charge on any atom is 0.140 e. The highest BCUT2D eigenvalue weighted by molar-refractivity contribution is 5.78. The van der Waals surface area contributed by atoms with E-state index in [-0.39, 0.29) is 6.10 Å². The van der Waals surface area contributed by atoms with Gasteiger partial charge in [-0.05, 0) is 26.0 Å². The molecular formula is C15H21N3O2. The van der Waals surface area contributed by atoms with Crippen LogP contribution < -0.4 is 10.1 Å². The Morgan fingerprint density at radius 3 is 2.95 bits per heavy atom. The Hall–Kier alpha value is -1.59. The molecule has 1 unspecified atom stereocenters. The van der Waals surface area contributed by atoms with Crippen LogP contribution in [0.2, 0.25) is 0 Å². The van der Waals surface area contributed by atoms with Crippen molar-refractivity contribution < 1.29 is 9.47 Å². The summed E-state index contributed by atoms with van der Waals surface area (Å²) in [5.41, 5.74) is 2.09. The molecule has 1 aliphatic heterocycles. The van der Waals surface area contributed by atoms with Crippen LogP contribution in [0.3, 0.4) is 0 Å². The summed E-state index contributed by atoms with van der Waals surface area (Å²) in [7, 11) is 1.68. The van der Waals surface area contributed by atoms with E-state index in [1.54, 1.807) is 7.11 Å². The lowest BCUT2D eigenvalue weighted by Crippen LogP contribution is -2.34. The Bertz CT molecular complexity index is 600. The molecule has 1 fully saturated rings. The first-order chi connectivity index (χ1) is 9.70. The van der Waals surface area contributed by atoms with Crippen LogP contribution in [0.4, 0.5) is 0 Å². The summed E-state index contributed by atoms with van der Waals surface area (Å²) >= 11 is 0. The van der Waals surface area contributed by atoms with Crippen LogP contribution in [0.5, 0.6) is 5.75 Å². The molecule has 0 bridgehead atoms. The van der Waals surface area contributed by atoms with Gasteiger partial charge in [0.2, 0.25) is 0 Å². The average Bonchev–Trinajstić information content (AvgIpc) is 2.86. The molecule has 5 nitrogen and oxygen atoms in total. The number of methoxy groups -OCH3 is 1. The van der Waals surface area contributed by atoms with E-state index >= 15 is 0 Å². The van der Waals surface area contributed by atoms with Gasteiger partial charge in [-0.2, -0.15) is 0 Å². The van der Waals surface area contributed by atoms with Gasteiger partial charge in [0.1, 0.15) is 17.7 Å². The van der Waals surface area contributed by atoms with Gasteiger partial charge < -0.3 is 19.4 Å². The van der Waals surface area contributed by atoms with Crippen molar-refractivity contribution >= 4 is 11.0 Å². The Kier molecular flexibility index (Phi) is 3.63. The standard InChI is InChI=1S/C15H21N3O2/c1-10(2)18-13-5-4-11(19-3)8-12(13)17-15(18)14-9-16-6-7-20-14/h4-5,8,10,14,16H,6-7,9H2,1-3H3. The van der Waals surface area contributed by atoms with E-state index in [0.29, 0.717) is 6.04 Å². The van der Waals surface area contributed by atoms with Gasteiger partial charge in [0.15, 0.2) is 0 Å². The number of hydrogen-bond donors (Lipinski definition) is 1. The second-order valence-electron chi connectivity index (χ2n) is 5.35. The first kappa shape index (κ1) is 13.4. The Labute approximate surface area is 118 Å². The smallest absolute Gasteiger partial charge is 0.140 e. The third kappa shape index (κ3) is 2.27. The van der Waals surface area contributed by atoms with E-state index in [9.17, 15) is 0 Å². The molecule has 0 spiro atoms. The second kappa shape index (κ2) is 5.42. The van der Waals surface area contributed by atoms with Gasteiger partial charge in [0.05, 0.1) is 24.8 Å². The van der Waals surface area contributed by atoms with Gasteiger partial charge in [-0.15, -0.1) is 0 Å². The summed E-state index contributed by atoms with van der Waals surface area (Å²) in [5.74, 6) is 1.83. The number of hydrogen-bond acceptors (Lipinski definition) is 4. The van der Waals surface area contributed by atoms with E-state index in [1.807, 2.05) is 12.1 Å². The summed E-state index contributed by atoms with van der Waals surface area (Å²) < 4.78 is 13.4. The second-order valence-corrected chi connectivity index (χ2v) is 5.35. The molecule has 1 N–H and O–H groups in total. The van der Waals surface area contributed by atoms with E-state index < -0.39 is 0 Å². The number of rotatable bonds is 3. The number of morpholine rings is 1. The van der Waals surface area contributed by atoms with Crippen molar-refractivity contribution in [3.8, 4) is 5.75 Å². The predicted molar refractivity (Wildman–Crippen MR) is 78.2 cm³/mol. The fraction of sp³-hybridized carbons (Fsp3) is 0.533. The number of fused-ring (bicyclic) bond motifs is 1. The van der Waals surface area contributed by atoms with Crippen molar-refractivity contribution in [2.75, 3.05) is 26.8 Å². The van der Waals surface area contributed by atoms with E-state index in [0.717, 1.165) is 42.3 Å². The van der Waals surface area contributed by atoms with Crippen molar-refractivity contribution in [3.63, 3.8) is 0 Å². The lowest BCUT2D eigenvalue weighted by atomic mass is 10.2. The van der Waals surface area contributed by atoms with E-state index in [1.165, 1.54) is 0 Å². The monoisotopic (exact) mass is 275 g/mol. The molecule has 108 valence electrons. The predicted octanol–water partition coefficient (Wildman–Crippen LogP) is 2.29. The molecule has 0 aliphatic carbocycles. The molecule has 0 amide bonds. The SMILES string of the molecule is COc1ccc2c(c1)nc(C1CNCCO1)n2C(C)C. The largest absolute Gasteiger partial charge is 0.497 e. The zero-order valence-corrected chi connectivity index (χ0v) is 12.2. The Balaban J connectivity index is 2.11. The minimum atomic E-state index is 0.0181. The molecule has 2 heterocycles. The highest BCUT2D eigenvalue weighted by Crippen LogP contribution is 2.29. The lowest BCUT2D eigenvalue weighted by molar-refractivity contribution is 0.0197. The van der Waals surface area contributed by atoms with Gasteiger partial charge in [0.25, 0.3) is 0 Å². The van der Waals surface area contributed by atoms with Crippen LogP contribution in [-0.2, 0) is 4.74 Å². The van der Waals surface area contributed by atoms with E-state index in [2.05, 4.69) is 29.8 Å². The summed E-state index contributed by atoms with van der Waals surface area (Å²) in [6.07, 6.45) is 0.0181. The van der Waals surface area contributed by atoms with E-state index in [4.69, 9.17) is 14.5 Å². The van der Waals surface area contributed by atoms with Crippen molar-refractivity contribution in [1.29, 1.82) is 0 Å². The molecule has 1 saturated heterocycles. The summed E-state index contributed by atoms with van der Waals surface area (Å²) in [5, 5.41) is 3.36. The van der Waals surface area contributed by atoms with Gasteiger partial charge in [-0.25, -0.2) is 4.98 Å².